The summed E-state index contributed by atoms with van der Waals surface area (Å²) in [6.45, 7) is 5.35. The molecule has 2 rings (SSSR count). The van der Waals surface area contributed by atoms with Gasteiger partial charge in [-0.05, 0) is 26.1 Å². The van der Waals surface area contributed by atoms with Gasteiger partial charge in [-0.1, -0.05) is 6.07 Å². The second-order valence-electron chi connectivity index (χ2n) is 4.75. The molecule has 0 saturated carbocycles. The Bertz CT molecular complexity index is 394. The highest BCUT2D eigenvalue weighted by atomic mass is 19.1. The van der Waals surface area contributed by atoms with Crippen molar-refractivity contribution in [1.82, 2.24) is 4.90 Å². The van der Waals surface area contributed by atoms with Crippen molar-refractivity contribution < 1.29 is 4.39 Å². The van der Waals surface area contributed by atoms with Crippen LogP contribution in [-0.4, -0.2) is 37.6 Å². The van der Waals surface area contributed by atoms with Gasteiger partial charge in [-0.15, -0.1) is 0 Å². The van der Waals surface area contributed by atoms with Crippen molar-refractivity contribution in [2.24, 2.45) is 5.73 Å². The minimum absolute atomic E-state index is 0.198. The van der Waals surface area contributed by atoms with E-state index in [1.807, 2.05) is 6.07 Å². The van der Waals surface area contributed by atoms with E-state index in [4.69, 9.17) is 5.73 Å². The maximum atomic E-state index is 13.7. The normalized spacial score (nSPS) is 21.9. The van der Waals surface area contributed by atoms with Crippen LogP contribution < -0.4 is 10.6 Å². The Labute approximate surface area is 102 Å². The first-order valence-electron chi connectivity index (χ1n) is 6.06. The van der Waals surface area contributed by atoms with Gasteiger partial charge < -0.3 is 15.5 Å². The standard InChI is InChI=1S/C13H20FN3/c1-10-9-16(2)6-7-17(10)13-5-3-4-12(14)11(13)8-15/h3-5,10H,6-9,15H2,1-2H3. The number of likely N-dealkylation sites (N-methyl/N-ethyl adjacent to an activating group) is 1. The Morgan fingerprint density at radius 1 is 1.41 bits per heavy atom. The molecular weight excluding hydrogens is 217 g/mol. The molecule has 1 aliphatic heterocycles. The molecule has 1 atom stereocenters. The van der Waals surface area contributed by atoms with Gasteiger partial charge in [-0.25, -0.2) is 4.39 Å². The molecule has 4 heteroatoms. The first-order valence-corrected chi connectivity index (χ1v) is 6.06. The molecular formula is C13H20FN3. The number of piperazine rings is 1. The summed E-state index contributed by atoms with van der Waals surface area (Å²) in [5, 5.41) is 0. The molecule has 0 aliphatic carbocycles. The second kappa shape index (κ2) is 5.02. The van der Waals surface area contributed by atoms with Crippen LogP contribution in [0.3, 0.4) is 0 Å². The third kappa shape index (κ3) is 2.42. The van der Waals surface area contributed by atoms with Crippen LogP contribution in [0.4, 0.5) is 10.1 Å². The molecule has 1 aromatic carbocycles. The molecule has 1 heterocycles. The van der Waals surface area contributed by atoms with Crippen molar-refractivity contribution in [2.75, 3.05) is 31.6 Å². The number of nitrogens with zero attached hydrogens (tertiary/aromatic N) is 2. The largest absolute Gasteiger partial charge is 0.366 e. The minimum Gasteiger partial charge on any atom is -0.366 e. The summed E-state index contributed by atoms with van der Waals surface area (Å²) in [4.78, 5) is 4.55. The number of halogens is 1. The Hall–Kier alpha value is -1.13. The topological polar surface area (TPSA) is 32.5 Å². The van der Waals surface area contributed by atoms with Crippen molar-refractivity contribution >= 4 is 5.69 Å². The molecule has 0 radical (unpaired) electrons. The van der Waals surface area contributed by atoms with E-state index in [0.717, 1.165) is 25.3 Å². The summed E-state index contributed by atoms with van der Waals surface area (Å²) in [5.74, 6) is -0.198. The Kier molecular flexibility index (Phi) is 3.64. The summed E-state index contributed by atoms with van der Waals surface area (Å²) in [7, 11) is 2.11. The molecule has 0 bridgehead atoms. The number of rotatable bonds is 2. The van der Waals surface area contributed by atoms with Crippen LogP contribution in [-0.2, 0) is 6.54 Å². The fourth-order valence-electron chi connectivity index (χ4n) is 2.52. The molecule has 0 amide bonds. The van der Waals surface area contributed by atoms with Gasteiger partial charge in [0.15, 0.2) is 0 Å². The third-order valence-electron chi connectivity index (χ3n) is 3.44. The van der Waals surface area contributed by atoms with Crippen molar-refractivity contribution in [3.63, 3.8) is 0 Å². The lowest BCUT2D eigenvalue weighted by atomic mass is 10.1. The van der Waals surface area contributed by atoms with E-state index < -0.39 is 0 Å². The SMILES string of the molecule is CC1CN(C)CCN1c1cccc(F)c1CN. The van der Waals surface area contributed by atoms with Crippen LogP contribution in [0.15, 0.2) is 18.2 Å². The van der Waals surface area contributed by atoms with Gasteiger partial charge >= 0.3 is 0 Å². The third-order valence-corrected chi connectivity index (χ3v) is 3.44. The predicted octanol–water partition coefficient (Wildman–Crippen LogP) is 1.42. The van der Waals surface area contributed by atoms with Gasteiger partial charge in [0.05, 0.1) is 0 Å². The summed E-state index contributed by atoms with van der Waals surface area (Å²) in [6.07, 6.45) is 0. The molecule has 3 nitrogen and oxygen atoms in total. The van der Waals surface area contributed by atoms with Gasteiger partial charge in [0.25, 0.3) is 0 Å². The fourth-order valence-corrected chi connectivity index (χ4v) is 2.52. The molecule has 17 heavy (non-hydrogen) atoms. The van der Waals surface area contributed by atoms with Gasteiger partial charge in [0.1, 0.15) is 5.82 Å². The van der Waals surface area contributed by atoms with Crippen molar-refractivity contribution in [1.29, 1.82) is 0 Å². The average Bonchev–Trinajstić information content (AvgIpc) is 2.29. The minimum atomic E-state index is -0.198. The smallest absolute Gasteiger partial charge is 0.129 e. The number of benzene rings is 1. The maximum Gasteiger partial charge on any atom is 0.129 e. The second-order valence-corrected chi connectivity index (χ2v) is 4.75. The Morgan fingerprint density at radius 3 is 2.82 bits per heavy atom. The first-order chi connectivity index (χ1) is 8.13. The van der Waals surface area contributed by atoms with E-state index >= 15 is 0 Å². The van der Waals surface area contributed by atoms with Crippen LogP contribution >= 0.6 is 0 Å². The number of nitrogens with two attached hydrogens (primary N) is 1. The zero-order valence-electron chi connectivity index (χ0n) is 10.5. The zero-order chi connectivity index (χ0) is 12.4. The molecule has 1 saturated heterocycles. The van der Waals surface area contributed by atoms with E-state index in [1.165, 1.54) is 6.07 Å². The first kappa shape index (κ1) is 12.3. The molecule has 94 valence electrons. The van der Waals surface area contributed by atoms with Crippen LogP contribution in [0.25, 0.3) is 0 Å². The van der Waals surface area contributed by atoms with Gasteiger partial charge in [-0.3, -0.25) is 0 Å². The highest BCUT2D eigenvalue weighted by Crippen LogP contribution is 2.26. The number of anilines is 1. The van der Waals surface area contributed by atoms with E-state index in [1.54, 1.807) is 6.07 Å². The van der Waals surface area contributed by atoms with Crippen LogP contribution in [0.5, 0.6) is 0 Å². The number of hydrogen-bond donors (Lipinski definition) is 1. The van der Waals surface area contributed by atoms with Crippen LogP contribution in [0.2, 0.25) is 0 Å². The lowest BCUT2D eigenvalue weighted by Crippen LogP contribution is -2.50. The average molecular weight is 237 g/mol. The maximum absolute atomic E-state index is 13.7. The summed E-state index contributed by atoms with van der Waals surface area (Å²) in [6, 6.07) is 5.59. The van der Waals surface area contributed by atoms with Gasteiger partial charge in [-0.2, -0.15) is 0 Å². The van der Waals surface area contributed by atoms with Crippen LogP contribution in [0.1, 0.15) is 12.5 Å². The molecule has 1 aliphatic rings. The molecule has 0 spiro atoms. The van der Waals surface area contributed by atoms with E-state index in [-0.39, 0.29) is 12.4 Å². The molecule has 1 fully saturated rings. The van der Waals surface area contributed by atoms with Crippen molar-refractivity contribution in [2.45, 2.75) is 19.5 Å². The number of hydrogen-bond acceptors (Lipinski definition) is 3. The molecule has 1 aromatic rings. The zero-order valence-corrected chi connectivity index (χ0v) is 10.5. The summed E-state index contributed by atoms with van der Waals surface area (Å²) in [5.41, 5.74) is 7.23. The highest BCUT2D eigenvalue weighted by molar-refractivity contribution is 5.55. The Morgan fingerprint density at radius 2 is 2.18 bits per heavy atom. The van der Waals surface area contributed by atoms with E-state index in [0.29, 0.717) is 11.6 Å². The highest BCUT2D eigenvalue weighted by Gasteiger charge is 2.24. The predicted molar refractivity (Wildman–Crippen MR) is 68.6 cm³/mol. The van der Waals surface area contributed by atoms with E-state index in [9.17, 15) is 4.39 Å². The lowest BCUT2D eigenvalue weighted by Gasteiger charge is -2.40. The fraction of sp³-hybridized carbons (Fsp3) is 0.538. The molecule has 0 aromatic heterocycles. The quantitative estimate of drug-likeness (QED) is 0.844. The van der Waals surface area contributed by atoms with Crippen molar-refractivity contribution in [3.05, 3.63) is 29.6 Å². The molecule has 1 unspecified atom stereocenters. The summed E-state index contributed by atoms with van der Waals surface area (Å²) >= 11 is 0. The van der Waals surface area contributed by atoms with Crippen molar-refractivity contribution in [3.8, 4) is 0 Å². The summed E-state index contributed by atoms with van der Waals surface area (Å²) < 4.78 is 13.7. The molecule has 2 N–H and O–H groups in total. The van der Waals surface area contributed by atoms with Gasteiger partial charge in [0, 0.05) is 43.5 Å². The monoisotopic (exact) mass is 237 g/mol. The van der Waals surface area contributed by atoms with Gasteiger partial charge in [0.2, 0.25) is 0 Å². The van der Waals surface area contributed by atoms with Crippen LogP contribution in [0, 0.1) is 5.82 Å². The lowest BCUT2D eigenvalue weighted by molar-refractivity contribution is 0.275. The van der Waals surface area contributed by atoms with E-state index in [2.05, 4.69) is 23.8 Å². The Balaban J connectivity index is 2.30.